The van der Waals surface area contributed by atoms with Crippen LogP contribution in [0.1, 0.15) is 12.5 Å². The van der Waals surface area contributed by atoms with Crippen molar-refractivity contribution >= 4 is 15.7 Å². The highest BCUT2D eigenvalue weighted by atomic mass is 32.2. The van der Waals surface area contributed by atoms with E-state index in [9.17, 15) is 18.5 Å². The van der Waals surface area contributed by atoms with Gasteiger partial charge in [-0.1, -0.05) is 6.92 Å². The van der Waals surface area contributed by atoms with Crippen molar-refractivity contribution in [3.8, 4) is 0 Å². The second-order valence-corrected chi connectivity index (χ2v) is 6.59. The Bertz CT molecular complexity index is 626. The first kappa shape index (κ1) is 14.9. The van der Waals surface area contributed by atoms with Gasteiger partial charge in [0.25, 0.3) is 5.69 Å². The van der Waals surface area contributed by atoms with Crippen LogP contribution < -0.4 is 5.32 Å². The van der Waals surface area contributed by atoms with E-state index < -0.39 is 14.9 Å². The predicted octanol–water partition coefficient (Wildman–Crippen LogP) is 0.886. The van der Waals surface area contributed by atoms with Gasteiger partial charge in [-0.15, -0.1) is 0 Å². The number of nitrogens with zero attached hydrogens (tertiary/aromatic N) is 2. The lowest BCUT2D eigenvalue weighted by molar-refractivity contribution is -0.385. The fourth-order valence-corrected chi connectivity index (χ4v) is 4.10. The summed E-state index contributed by atoms with van der Waals surface area (Å²) in [6, 6.07) is 3.80. The summed E-state index contributed by atoms with van der Waals surface area (Å²) in [5, 5.41) is 13.7. The molecule has 1 saturated heterocycles. The highest BCUT2D eigenvalue weighted by Gasteiger charge is 2.34. The van der Waals surface area contributed by atoms with Crippen LogP contribution in [0.2, 0.25) is 0 Å². The van der Waals surface area contributed by atoms with Crippen molar-refractivity contribution in [3.05, 3.63) is 33.9 Å². The van der Waals surface area contributed by atoms with Crippen LogP contribution in [-0.4, -0.2) is 43.3 Å². The van der Waals surface area contributed by atoms with Gasteiger partial charge in [0.1, 0.15) is 0 Å². The molecule has 1 N–H and O–H groups in total. The number of aryl methyl sites for hydroxylation is 1. The molecular weight excluding hydrogens is 282 g/mol. The molecule has 0 bridgehead atoms. The van der Waals surface area contributed by atoms with Crippen molar-refractivity contribution in [1.29, 1.82) is 0 Å². The van der Waals surface area contributed by atoms with Crippen molar-refractivity contribution in [1.82, 2.24) is 9.62 Å². The van der Waals surface area contributed by atoms with Gasteiger partial charge in [0, 0.05) is 37.8 Å². The number of nitro benzene ring substituents is 1. The number of nitro groups is 1. The molecule has 0 aliphatic carbocycles. The van der Waals surface area contributed by atoms with Gasteiger partial charge in [0.15, 0.2) is 0 Å². The Labute approximate surface area is 117 Å². The number of rotatable bonds is 5. The molecule has 1 aliphatic heterocycles. The lowest BCUT2D eigenvalue weighted by atomic mass is 10.2. The predicted molar refractivity (Wildman–Crippen MR) is 74.1 cm³/mol. The van der Waals surface area contributed by atoms with Crippen LogP contribution >= 0.6 is 0 Å². The topological polar surface area (TPSA) is 92.6 Å². The van der Waals surface area contributed by atoms with E-state index in [2.05, 4.69) is 5.32 Å². The largest absolute Gasteiger partial charge is 0.313 e. The van der Waals surface area contributed by atoms with E-state index in [4.69, 9.17) is 0 Å². The first-order valence-electron chi connectivity index (χ1n) is 6.35. The Hall–Kier alpha value is -1.51. The van der Waals surface area contributed by atoms with Crippen molar-refractivity contribution < 1.29 is 13.3 Å². The highest BCUT2D eigenvalue weighted by Crippen LogP contribution is 2.25. The number of benzene rings is 1. The van der Waals surface area contributed by atoms with Crippen LogP contribution in [0.25, 0.3) is 0 Å². The maximum Gasteiger partial charge on any atom is 0.269 e. The van der Waals surface area contributed by atoms with Crippen molar-refractivity contribution in [2.24, 2.45) is 0 Å². The molecule has 2 rings (SSSR count). The molecular formula is C12H17N3O4S. The Morgan fingerprint density at radius 1 is 1.45 bits per heavy atom. The van der Waals surface area contributed by atoms with E-state index >= 15 is 0 Å². The first-order valence-corrected chi connectivity index (χ1v) is 7.79. The monoisotopic (exact) mass is 299 g/mol. The number of sulfonamides is 1. The number of likely N-dealkylation sites (N-methyl/N-ethyl adjacent to an activating group) is 1. The molecule has 0 amide bonds. The number of non-ortho nitro benzene ring substituents is 1. The fraction of sp³-hybridized carbons (Fsp3) is 0.500. The molecule has 1 aromatic carbocycles. The summed E-state index contributed by atoms with van der Waals surface area (Å²) in [4.78, 5) is 10.3. The lowest BCUT2D eigenvalue weighted by Crippen LogP contribution is -2.58. The Morgan fingerprint density at radius 3 is 2.50 bits per heavy atom. The molecule has 0 aromatic heterocycles. The quantitative estimate of drug-likeness (QED) is 0.643. The first-order chi connectivity index (χ1) is 9.37. The van der Waals surface area contributed by atoms with Gasteiger partial charge in [-0.05, 0) is 18.6 Å². The average molecular weight is 299 g/mol. The second kappa shape index (κ2) is 5.47. The Morgan fingerprint density at radius 2 is 2.10 bits per heavy atom. The number of hydrogen-bond donors (Lipinski definition) is 1. The second-order valence-electron chi connectivity index (χ2n) is 4.73. The van der Waals surface area contributed by atoms with Crippen LogP contribution in [0.5, 0.6) is 0 Å². The lowest BCUT2D eigenvalue weighted by Gasteiger charge is -2.36. The van der Waals surface area contributed by atoms with Crippen LogP contribution in [0.15, 0.2) is 23.1 Å². The van der Waals surface area contributed by atoms with Crippen molar-refractivity contribution in [3.63, 3.8) is 0 Å². The summed E-state index contributed by atoms with van der Waals surface area (Å²) in [7, 11) is -3.61. The molecule has 8 heteroatoms. The SMILES string of the molecule is CCN(C1CNC1)S(=O)(=O)c1ccc([N+](=O)[O-])cc1C. The molecule has 1 aromatic rings. The number of nitrogens with one attached hydrogen (secondary N) is 1. The molecule has 20 heavy (non-hydrogen) atoms. The van der Waals surface area contributed by atoms with E-state index in [0.29, 0.717) is 25.2 Å². The van der Waals surface area contributed by atoms with Gasteiger partial charge in [-0.3, -0.25) is 10.1 Å². The maximum absolute atomic E-state index is 12.6. The van der Waals surface area contributed by atoms with E-state index in [-0.39, 0.29) is 16.6 Å². The summed E-state index contributed by atoms with van der Waals surface area (Å²) in [5.41, 5.74) is 0.291. The van der Waals surface area contributed by atoms with Gasteiger partial charge in [0.2, 0.25) is 10.0 Å². The standard InChI is InChI=1S/C12H17N3O4S/c1-3-14(11-7-13-8-11)20(18,19)12-5-4-10(15(16)17)6-9(12)2/h4-6,11,13H,3,7-8H2,1-2H3. The molecule has 7 nitrogen and oxygen atoms in total. The zero-order valence-corrected chi connectivity index (χ0v) is 12.2. The summed E-state index contributed by atoms with van der Waals surface area (Å²) < 4.78 is 26.7. The van der Waals surface area contributed by atoms with Crippen molar-refractivity contribution in [2.45, 2.75) is 24.8 Å². The molecule has 1 heterocycles. The Balaban J connectivity index is 2.40. The summed E-state index contributed by atoms with van der Waals surface area (Å²) in [6.07, 6.45) is 0. The van der Waals surface area contributed by atoms with Crippen LogP contribution in [0.3, 0.4) is 0 Å². The van der Waals surface area contributed by atoms with Crippen molar-refractivity contribution in [2.75, 3.05) is 19.6 Å². The summed E-state index contributed by atoms with van der Waals surface area (Å²) in [5.74, 6) is 0. The molecule has 110 valence electrons. The van der Waals surface area contributed by atoms with E-state index in [1.165, 1.54) is 22.5 Å². The minimum atomic E-state index is -3.61. The normalized spacial score (nSPS) is 16.1. The summed E-state index contributed by atoms with van der Waals surface area (Å²) >= 11 is 0. The van der Waals surface area contributed by atoms with Gasteiger partial charge < -0.3 is 5.32 Å². The minimum absolute atomic E-state index is 0.0420. The zero-order chi connectivity index (χ0) is 14.9. The molecule has 0 spiro atoms. The van der Waals surface area contributed by atoms with Crippen LogP contribution in [0.4, 0.5) is 5.69 Å². The fourth-order valence-electron chi connectivity index (χ4n) is 2.26. The van der Waals surface area contributed by atoms with Gasteiger partial charge in [0.05, 0.1) is 9.82 Å². The third kappa shape index (κ3) is 2.54. The molecule has 0 radical (unpaired) electrons. The zero-order valence-electron chi connectivity index (χ0n) is 11.4. The molecule has 0 saturated carbocycles. The van der Waals surface area contributed by atoms with E-state index in [1.54, 1.807) is 13.8 Å². The molecule has 1 fully saturated rings. The molecule has 0 atom stereocenters. The number of hydrogen-bond acceptors (Lipinski definition) is 5. The van der Waals surface area contributed by atoms with Crippen LogP contribution in [-0.2, 0) is 10.0 Å². The smallest absolute Gasteiger partial charge is 0.269 e. The third-order valence-electron chi connectivity index (χ3n) is 3.43. The summed E-state index contributed by atoms with van der Waals surface area (Å²) in [6.45, 7) is 5.02. The van der Waals surface area contributed by atoms with E-state index in [0.717, 1.165) is 0 Å². The highest BCUT2D eigenvalue weighted by molar-refractivity contribution is 7.89. The maximum atomic E-state index is 12.6. The van der Waals surface area contributed by atoms with Gasteiger partial charge in [-0.25, -0.2) is 8.42 Å². The minimum Gasteiger partial charge on any atom is -0.313 e. The molecule has 0 unspecified atom stereocenters. The molecule has 1 aliphatic rings. The van der Waals surface area contributed by atoms with Gasteiger partial charge in [-0.2, -0.15) is 4.31 Å². The van der Waals surface area contributed by atoms with Crippen LogP contribution in [0, 0.1) is 17.0 Å². The Kier molecular flexibility index (Phi) is 4.07. The van der Waals surface area contributed by atoms with E-state index in [1.807, 2.05) is 0 Å². The average Bonchev–Trinajstić information content (AvgIpc) is 2.32. The third-order valence-corrected chi connectivity index (χ3v) is 5.62. The van der Waals surface area contributed by atoms with Gasteiger partial charge >= 0.3 is 0 Å².